The second-order valence-corrected chi connectivity index (χ2v) is 6.60. The van der Waals surface area contributed by atoms with E-state index in [0.29, 0.717) is 0 Å². The zero-order valence-corrected chi connectivity index (χ0v) is 15.4. The Kier molecular flexibility index (Phi) is 6.86. The molecule has 3 aromatic rings. The van der Waals surface area contributed by atoms with Crippen LogP contribution in [-0.2, 0) is 4.57 Å². The third kappa shape index (κ3) is 5.11. The van der Waals surface area contributed by atoms with Gasteiger partial charge in [-0.25, -0.2) is 4.48 Å². The monoisotopic (exact) mass is 371 g/mol. The van der Waals surface area contributed by atoms with Crippen molar-refractivity contribution in [3.8, 4) is 0 Å². The predicted molar refractivity (Wildman–Crippen MR) is 103 cm³/mol. The average molecular weight is 371 g/mol. The predicted octanol–water partition coefficient (Wildman–Crippen LogP) is 4.12. The lowest BCUT2D eigenvalue weighted by Crippen LogP contribution is -2.38. The SMILES string of the molecule is CC[N+](c1ccccc1)(c1ccccc1)c1ccccc1.O=P([O-])(O)O. The van der Waals surface area contributed by atoms with Crippen molar-refractivity contribution in [2.75, 3.05) is 6.54 Å². The van der Waals surface area contributed by atoms with Gasteiger partial charge in [0.2, 0.25) is 0 Å². The molecule has 0 atom stereocenters. The van der Waals surface area contributed by atoms with E-state index in [1.807, 2.05) is 0 Å². The molecule has 0 saturated heterocycles. The zero-order valence-electron chi connectivity index (χ0n) is 14.5. The topological polar surface area (TPSA) is 80.6 Å². The van der Waals surface area contributed by atoms with Gasteiger partial charge >= 0.3 is 0 Å². The third-order valence-corrected chi connectivity index (χ3v) is 4.07. The van der Waals surface area contributed by atoms with Crippen LogP contribution < -0.4 is 9.38 Å². The summed E-state index contributed by atoms with van der Waals surface area (Å²) in [6.07, 6.45) is 0. The Hall–Kier alpha value is -2.27. The molecule has 3 aromatic carbocycles. The minimum absolute atomic E-state index is 0.739. The summed E-state index contributed by atoms with van der Waals surface area (Å²) >= 11 is 0. The van der Waals surface area contributed by atoms with Crippen LogP contribution in [-0.4, -0.2) is 16.3 Å². The van der Waals surface area contributed by atoms with Gasteiger partial charge in [-0.05, 0) is 43.3 Å². The summed E-state index contributed by atoms with van der Waals surface area (Å²) < 4.78 is 9.51. The van der Waals surface area contributed by atoms with Gasteiger partial charge in [0.05, 0.1) is 6.54 Å². The largest absolute Gasteiger partial charge is 0.756 e. The van der Waals surface area contributed by atoms with Gasteiger partial charge in [-0.1, -0.05) is 54.6 Å². The highest BCUT2D eigenvalue weighted by Crippen LogP contribution is 2.42. The van der Waals surface area contributed by atoms with Gasteiger partial charge in [0.1, 0.15) is 17.1 Å². The molecule has 5 nitrogen and oxygen atoms in total. The van der Waals surface area contributed by atoms with Crippen molar-refractivity contribution in [2.45, 2.75) is 6.92 Å². The van der Waals surface area contributed by atoms with Gasteiger partial charge in [0, 0.05) is 0 Å². The molecule has 0 bridgehead atoms. The molecule has 0 saturated carbocycles. The maximum atomic E-state index is 8.77. The summed E-state index contributed by atoms with van der Waals surface area (Å²) in [7, 11) is -4.89. The molecule has 26 heavy (non-hydrogen) atoms. The number of quaternary nitrogens is 1. The Bertz CT molecular complexity index is 731. The zero-order chi connectivity index (χ0) is 19.0. The maximum Gasteiger partial charge on any atom is 0.262 e. The summed E-state index contributed by atoms with van der Waals surface area (Å²) in [6.45, 7) is 3.21. The Morgan fingerprint density at radius 2 is 0.962 bits per heavy atom. The van der Waals surface area contributed by atoms with Crippen molar-refractivity contribution >= 4 is 24.9 Å². The molecule has 0 aliphatic heterocycles. The van der Waals surface area contributed by atoms with Crippen LogP contribution >= 0.6 is 7.82 Å². The van der Waals surface area contributed by atoms with Crippen LogP contribution in [0.1, 0.15) is 6.92 Å². The molecule has 0 aliphatic carbocycles. The molecule has 0 unspecified atom stereocenters. The quantitative estimate of drug-likeness (QED) is 0.534. The highest BCUT2D eigenvalue weighted by Gasteiger charge is 2.33. The van der Waals surface area contributed by atoms with Crippen LogP contribution in [0.4, 0.5) is 17.1 Å². The van der Waals surface area contributed by atoms with Crippen molar-refractivity contribution in [2.24, 2.45) is 0 Å². The number of rotatable bonds is 4. The van der Waals surface area contributed by atoms with Crippen molar-refractivity contribution in [3.63, 3.8) is 0 Å². The highest BCUT2D eigenvalue weighted by molar-refractivity contribution is 7.43. The molecule has 0 heterocycles. The number of hydrogen-bond acceptors (Lipinski definition) is 2. The minimum atomic E-state index is -4.89. The second-order valence-electron chi connectivity index (χ2n) is 5.62. The summed E-state index contributed by atoms with van der Waals surface area (Å²) in [4.78, 5) is 22.9. The maximum absolute atomic E-state index is 8.77. The minimum Gasteiger partial charge on any atom is -0.756 e. The Balaban J connectivity index is 0.000000431. The van der Waals surface area contributed by atoms with Gasteiger partial charge in [0.25, 0.3) is 7.82 Å². The van der Waals surface area contributed by atoms with Gasteiger partial charge in [0.15, 0.2) is 0 Å². The van der Waals surface area contributed by atoms with E-state index in [9.17, 15) is 0 Å². The van der Waals surface area contributed by atoms with Crippen LogP contribution in [0.15, 0.2) is 91.0 Å². The van der Waals surface area contributed by atoms with Gasteiger partial charge in [-0.3, -0.25) is 4.57 Å². The van der Waals surface area contributed by atoms with Crippen LogP contribution in [0.2, 0.25) is 0 Å². The fourth-order valence-corrected chi connectivity index (χ4v) is 3.04. The highest BCUT2D eigenvalue weighted by atomic mass is 31.2. The molecular weight excluding hydrogens is 349 g/mol. The van der Waals surface area contributed by atoms with Gasteiger partial charge < -0.3 is 14.7 Å². The summed E-state index contributed by atoms with van der Waals surface area (Å²) in [5.41, 5.74) is 3.87. The molecule has 2 N–H and O–H groups in total. The van der Waals surface area contributed by atoms with E-state index in [2.05, 4.69) is 97.9 Å². The molecule has 0 aromatic heterocycles. The van der Waals surface area contributed by atoms with Gasteiger partial charge in [-0.2, -0.15) is 0 Å². The average Bonchev–Trinajstić information content (AvgIpc) is 2.64. The molecule has 0 radical (unpaired) electrons. The van der Waals surface area contributed by atoms with Gasteiger partial charge in [-0.15, -0.1) is 0 Å². The molecule has 6 heteroatoms. The lowest BCUT2D eigenvalue weighted by atomic mass is 10.1. The third-order valence-electron chi connectivity index (χ3n) is 4.07. The first-order valence-electron chi connectivity index (χ1n) is 8.19. The molecule has 3 rings (SSSR count). The molecule has 0 amide bonds. The van der Waals surface area contributed by atoms with Crippen molar-refractivity contribution in [1.29, 1.82) is 0 Å². The molecule has 0 fully saturated rings. The van der Waals surface area contributed by atoms with Crippen LogP contribution in [0.3, 0.4) is 0 Å². The fourth-order valence-electron chi connectivity index (χ4n) is 3.04. The van der Waals surface area contributed by atoms with Crippen LogP contribution in [0, 0.1) is 0 Å². The first-order valence-corrected chi connectivity index (χ1v) is 9.72. The van der Waals surface area contributed by atoms with E-state index in [4.69, 9.17) is 19.2 Å². The Morgan fingerprint density at radius 1 is 0.731 bits per heavy atom. The van der Waals surface area contributed by atoms with E-state index in [0.717, 1.165) is 11.0 Å². The standard InChI is InChI=1S/C20H20N.H3O4P/c1-2-21(18-12-6-3-7-13-18,19-14-8-4-9-15-19)20-16-10-5-11-17-20;1-5(2,3)4/h3-17H,2H2,1H3;(H3,1,2,3,4)/q+1;/p-1. The molecule has 136 valence electrons. The van der Waals surface area contributed by atoms with E-state index in [1.165, 1.54) is 17.1 Å². The number of phosphoric acid groups is 1. The first-order chi connectivity index (χ1) is 12.4. The number of hydrogen-bond donors (Lipinski definition) is 2. The number of nitrogens with zero attached hydrogens (tertiary/aromatic N) is 1. The van der Waals surface area contributed by atoms with E-state index in [-0.39, 0.29) is 0 Å². The fraction of sp³-hybridized carbons (Fsp3) is 0.100. The lowest BCUT2D eigenvalue weighted by Gasteiger charge is -2.36. The lowest BCUT2D eigenvalue weighted by molar-refractivity contribution is -0.214. The number of para-hydroxylation sites is 3. The normalized spacial score (nSPS) is 11.4. The summed E-state index contributed by atoms with van der Waals surface area (Å²) in [6, 6.07) is 32.2. The molecular formula is C20H22NO4P. The van der Waals surface area contributed by atoms with Crippen LogP contribution in [0.5, 0.6) is 0 Å². The Morgan fingerprint density at radius 3 is 1.15 bits per heavy atom. The van der Waals surface area contributed by atoms with Crippen molar-refractivity contribution < 1.29 is 19.2 Å². The summed E-state index contributed by atoms with van der Waals surface area (Å²) in [5.74, 6) is 0. The smallest absolute Gasteiger partial charge is 0.262 e. The molecule has 0 spiro atoms. The Labute approximate surface area is 153 Å². The van der Waals surface area contributed by atoms with Crippen LogP contribution in [0.25, 0.3) is 0 Å². The van der Waals surface area contributed by atoms with E-state index >= 15 is 0 Å². The number of benzene rings is 3. The second kappa shape index (κ2) is 8.90. The van der Waals surface area contributed by atoms with E-state index < -0.39 is 7.82 Å². The van der Waals surface area contributed by atoms with E-state index in [1.54, 1.807) is 0 Å². The molecule has 0 aliphatic rings. The van der Waals surface area contributed by atoms with Crippen molar-refractivity contribution in [3.05, 3.63) is 91.0 Å². The first kappa shape index (κ1) is 20.0. The summed E-state index contributed by atoms with van der Waals surface area (Å²) in [5, 5.41) is 0. The van der Waals surface area contributed by atoms with Crippen molar-refractivity contribution in [1.82, 2.24) is 4.48 Å².